The zero-order chi connectivity index (χ0) is 6.15. The van der Waals surface area contributed by atoms with Gasteiger partial charge in [0.05, 0.1) is 0 Å². The largest absolute Gasteiger partial charge is 0.244 e. The van der Waals surface area contributed by atoms with Crippen LogP contribution in [0.1, 0.15) is 20.3 Å². The Hall–Kier alpha value is 0.690. The molecule has 1 heterocycles. The van der Waals surface area contributed by atoms with Crippen molar-refractivity contribution in [1.82, 2.24) is 3.11 Å². The number of rotatable bonds is 0. The molecule has 0 aromatic rings. The van der Waals surface area contributed by atoms with Crippen molar-refractivity contribution in [3.63, 3.8) is 0 Å². The fourth-order valence-corrected chi connectivity index (χ4v) is 1.88. The number of nitrogens with zero attached hydrogens (tertiary/aromatic N) is 1. The SMILES string of the molecule is CC1CCN(I)[C@H]1C. The Morgan fingerprint density at radius 2 is 2.12 bits per heavy atom. The predicted octanol–water partition coefficient (Wildman–Crippen LogP) is 2.07. The van der Waals surface area contributed by atoms with Gasteiger partial charge in [0.15, 0.2) is 0 Å². The zero-order valence-corrected chi connectivity index (χ0v) is 7.55. The lowest BCUT2D eigenvalue weighted by atomic mass is 10.1. The molecule has 1 fully saturated rings. The molecular weight excluding hydrogens is 213 g/mol. The Bertz CT molecular complexity index is 74.6. The van der Waals surface area contributed by atoms with Gasteiger partial charge in [-0.05, 0) is 19.3 Å². The van der Waals surface area contributed by atoms with Gasteiger partial charge in [0.1, 0.15) is 0 Å². The Morgan fingerprint density at radius 3 is 2.25 bits per heavy atom. The summed E-state index contributed by atoms with van der Waals surface area (Å²) >= 11 is 2.41. The molecule has 1 aliphatic heterocycles. The molecule has 1 nitrogen and oxygen atoms in total. The molecule has 0 amide bonds. The summed E-state index contributed by atoms with van der Waals surface area (Å²) in [5.74, 6) is 0.909. The average molecular weight is 225 g/mol. The molecule has 1 saturated heterocycles. The van der Waals surface area contributed by atoms with Crippen molar-refractivity contribution in [2.75, 3.05) is 6.54 Å². The highest BCUT2D eigenvalue weighted by Gasteiger charge is 2.24. The van der Waals surface area contributed by atoms with E-state index >= 15 is 0 Å². The third-order valence-corrected chi connectivity index (χ3v) is 3.42. The van der Waals surface area contributed by atoms with E-state index < -0.39 is 0 Å². The maximum absolute atomic E-state index is 2.41. The molecule has 0 spiro atoms. The topological polar surface area (TPSA) is 3.24 Å². The van der Waals surface area contributed by atoms with Crippen molar-refractivity contribution in [2.45, 2.75) is 26.3 Å². The number of halogens is 1. The molecule has 2 atom stereocenters. The fourth-order valence-electron chi connectivity index (χ4n) is 1.05. The van der Waals surface area contributed by atoms with Crippen molar-refractivity contribution in [1.29, 1.82) is 0 Å². The second-order valence-corrected chi connectivity index (χ2v) is 3.87. The molecule has 0 aromatic heterocycles. The Morgan fingerprint density at radius 1 is 1.50 bits per heavy atom. The van der Waals surface area contributed by atoms with E-state index in [1.165, 1.54) is 13.0 Å². The van der Waals surface area contributed by atoms with Gasteiger partial charge in [0.2, 0.25) is 0 Å². The molecule has 1 rings (SSSR count). The van der Waals surface area contributed by atoms with Gasteiger partial charge >= 0.3 is 0 Å². The van der Waals surface area contributed by atoms with Crippen LogP contribution in [0.5, 0.6) is 0 Å². The third kappa shape index (κ3) is 1.16. The van der Waals surface area contributed by atoms with Crippen molar-refractivity contribution in [3.05, 3.63) is 0 Å². The maximum atomic E-state index is 2.41. The molecular formula is C6H12IN. The van der Waals surface area contributed by atoms with E-state index in [4.69, 9.17) is 0 Å². The Kier molecular flexibility index (Phi) is 2.14. The Labute approximate surface area is 64.9 Å². The average Bonchev–Trinajstić information content (AvgIpc) is 1.98. The van der Waals surface area contributed by atoms with E-state index in [9.17, 15) is 0 Å². The summed E-state index contributed by atoms with van der Waals surface area (Å²) < 4.78 is 2.39. The highest BCUT2D eigenvalue weighted by atomic mass is 127. The van der Waals surface area contributed by atoms with E-state index in [1.807, 2.05) is 0 Å². The van der Waals surface area contributed by atoms with Crippen LogP contribution in [0.3, 0.4) is 0 Å². The molecule has 0 radical (unpaired) electrons. The van der Waals surface area contributed by atoms with Crippen molar-refractivity contribution < 1.29 is 0 Å². The smallest absolute Gasteiger partial charge is 0.0204 e. The van der Waals surface area contributed by atoms with Gasteiger partial charge in [-0.2, -0.15) is 0 Å². The van der Waals surface area contributed by atoms with Crippen LogP contribution in [0.4, 0.5) is 0 Å². The minimum Gasteiger partial charge on any atom is -0.244 e. The summed E-state index contributed by atoms with van der Waals surface area (Å²) in [5.41, 5.74) is 0. The minimum atomic E-state index is 0.801. The van der Waals surface area contributed by atoms with Crippen molar-refractivity contribution in [3.8, 4) is 0 Å². The molecule has 0 aromatic carbocycles. The molecule has 0 bridgehead atoms. The van der Waals surface area contributed by atoms with E-state index in [-0.39, 0.29) is 0 Å². The maximum Gasteiger partial charge on any atom is 0.0204 e. The highest BCUT2D eigenvalue weighted by Crippen LogP contribution is 2.25. The van der Waals surface area contributed by atoms with Gasteiger partial charge < -0.3 is 0 Å². The third-order valence-electron chi connectivity index (χ3n) is 2.06. The van der Waals surface area contributed by atoms with Crippen LogP contribution in [0.15, 0.2) is 0 Å². The summed E-state index contributed by atoms with van der Waals surface area (Å²) in [6, 6.07) is 0.801. The van der Waals surface area contributed by atoms with Crippen LogP contribution in [-0.4, -0.2) is 15.7 Å². The molecule has 1 unspecified atom stereocenters. The number of hydrogen-bond acceptors (Lipinski definition) is 1. The molecule has 0 saturated carbocycles. The first-order valence-electron chi connectivity index (χ1n) is 3.14. The zero-order valence-electron chi connectivity index (χ0n) is 5.39. The van der Waals surface area contributed by atoms with Gasteiger partial charge in [0.25, 0.3) is 0 Å². The first-order chi connectivity index (χ1) is 3.72. The first kappa shape index (κ1) is 6.81. The second-order valence-electron chi connectivity index (χ2n) is 2.63. The van der Waals surface area contributed by atoms with Gasteiger partial charge in [-0.15, -0.1) is 0 Å². The van der Waals surface area contributed by atoms with E-state index in [2.05, 4.69) is 39.8 Å². The van der Waals surface area contributed by atoms with Crippen LogP contribution in [0.2, 0.25) is 0 Å². The summed E-state index contributed by atoms with van der Waals surface area (Å²) in [5, 5.41) is 0. The molecule has 48 valence electrons. The first-order valence-corrected chi connectivity index (χ1v) is 4.10. The van der Waals surface area contributed by atoms with Crippen molar-refractivity contribution in [2.24, 2.45) is 5.92 Å². The quantitative estimate of drug-likeness (QED) is 0.450. The molecule has 2 heteroatoms. The van der Waals surface area contributed by atoms with Crippen LogP contribution in [0, 0.1) is 5.92 Å². The monoisotopic (exact) mass is 225 g/mol. The fraction of sp³-hybridized carbons (Fsp3) is 1.00. The molecule has 1 aliphatic rings. The summed E-state index contributed by atoms with van der Waals surface area (Å²) in [6.07, 6.45) is 1.38. The van der Waals surface area contributed by atoms with Gasteiger partial charge in [-0.25, -0.2) is 3.11 Å². The predicted molar refractivity (Wildman–Crippen MR) is 44.0 cm³/mol. The highest BCUT2D eigenvalue weighted by molar-refractivity contribution is 14.1. The molecule has 8 heavy (non-hydrogen) atoms. The lowest BCUT2D eigenvalue weighted by Crippen LogP contribution is -2.18. The normalized spacial score (nSPS) is 40.9. The molecule has 0 N–H and O–H groups in total. The van der Waals surface area contributed by atoms with Crippen LogP contribution in [-0.2, 0) is 0 Å². The molecule has 0 aliphatic carbocycles. The van der Waals surface area contributed by atoms with Crippen LogP contribution < -0.4 is 0 Å². The summed E-state index contributed by atoms with van der Waals surface area (Å²) in [6.45, 7) is 5.90. The van der Waals surface area contributed by atoms with Crippen LogP contribution in [0.25, 0.3) is 0 Å². The summed E-state index contributed by atoms with van der Waals surface area (Å²) in [4.78, 5) is 0. The lowest BCUT2D eigenvalue weighted by molar-refractivity contribution is 0.435. The second kappa shape index (κ2) is 2.52. The minimum absolute atomic E-state index is 0.801. The van der Waals surface area contributed by atoms with E-state index in [0.29, 0.717) is 0 Å². The number of hydrogen-bond donors (Lipinski definition) is 0. The van der Waals surface area contributed by atoms with E-state index in [0.717, 1.165) is 12.0 Å². The van der Waals surface area contributed by atoms with Gasteiger partial charge in [-0.3, -0.25) is 0 Å². The lowest BCUT2D eigenvalue weighted by Gasteiger charge is -2.13. The summed E-state index contributed by atoms with van der Waals surface area (Å²) in [7, 11) is 0. The van der Waals surface area contributed by atoms with Crippen LogP contribution >= 0.6 is 22.9 Å². The van der Waals surface area contributed by atoms with E-state index in [1.54, 1.807) is 0 Å². The van der Waals surface area contributed by atoms with Crippen molar-refractivity contribution >= 4 is 22.9 Å². The van der Waals surface area contributed by atoms with Gasteiger partial charge in [0, 0.05) is 35.5 Å². The Balaban J connectivity index is 2.44. The van der Waals surface area contributed by atoms with Gasteiger partial charge in [-0.1, -0.05) is 6.92 Å². The standard InChI is InChI=1S/C6H12IN/c1-5-3-4-8(7)6(5)2/h5-6H,3-4H2,1-2H3/t5?,6-/m0/s1.